The van der Waals surface area contributed by atoms with Crippen molar-refractivity contribution >= 4 is 22.5 Å². The first-order valence-corrected chi connectivity index (χ1v) is 7.43. The Balaban J connectivity index is 1.88. The average Bonchev–Trinajstić information content (AvgIpc) is 3.00. The second-order valence-electron chi connectivity index (χ2n) is 4.79. The van der Waals surface area contributed by atoms with Gasteiger partial charge in [0.25, 0.3) is 0 Å². The van der Waals surface area contributed by atoms with Gasteiger partial charge in [-0.25, -0.2) is 9.97 Å². The molecule has 0 amide bonds. The van der Waals surface area contributed by atoms with Crippen LogP contribution in [-0.4, -0.2) is 39.5 Å². The minimum Gasteiger partial charge on any atom is -0.394 e. The second kappa shape index (κ2) is 6.87. The molecule has 0 aliphatic heterocycles. The number of aliphatic hydroxyl groups excluding tert-OH is 1. The summed E-state index contributed by atoms with van der Waals surface area (Å²) in [6.45, 7) is 1.53. The predicted octanol–water partition coefficient (Wildman–Crippen LogP) is 2.76. The lowest BCUT2D eigenvalue weighted by molar-refractivity contribution is 0.0872. The van der Waals surface area contributed by atoms with E-state index in [1.165, 1.54) is 0 Å². The number of aliphatic hydroxyl groups is 1. The largest absolute Gasteiger partial charge is 0.394 e. The maximum absolute atomic E-state index is 8.72. The minimum absolute atomic E-state index is 0.0293. The molecule has 0 fully saturated rings. The topological polar surface area (TPSA) is 60.2 Å². The van der Waals surface area contributed by atoms with Gasteiger partial charge in [0.1, 0.15) is 5.69 Å². The zero-order chi connectivity index (χ0) is 15.4. The Kier molecular flexibility index (Phi) is 4.68. The van der Waals surface area contributed by atoms with Crippen molar-refractivity contribution in [1.29, 1.82) is 0 Å². The third-order valence-electron chi connectivity index (χ3n) is 3.33. The van der Waals surface area contributed by atoms with Gasteiger partial charge in [0.15, 0.2) is 5.82 Å². The maximum atomic E-state index is 8.72. The quantitative estimate of drug-likeness (QED) is 0.710. The van der Waals surface area contributed by atoms with Crippen LogP contribution in [0, 0.1) is 0 Å². The molecular weight excluding hydrogens is 302 g/mol. The Hall–Kier alpha value is -1.95. The van der Waals surface area contributed by atoms with Crippen LogP contribution in [0.25, 0.3) is 22.4 Å². The number of nitrogens with zero attached hydrogens (tertiary/aromatic N) is 3. The molecular formula is C16H16ClN3O2. The van der Waals surface area contributed by atoms with Crippen LogP contribution < -0.4 is 0 Å². The third kappa shape index (κ3) is 3.11. The van der Waals surface area contributed by atoms with Gasteiger partial charge in [-0.05, 0) is 12.1 Å². The fraction of sp³-hybridized carbons (Fsp3) is 0.250. The van der Waals surface area contributed by atoms with E-state index < -0.39 is 0 Å². The van der Waals surface area contributed by atoms with E-state index >= 15 is 0 Å². The van der Waals surface area contributed by atoms with Gasteiger partial charge in [0, 0.05) is 24.3 Å². The lowest BCUT2D eigenvalue weighted by Crippen LogP contribution is -2.09. The van der Waals surface area contributed by atoms with Crippen molar-refractivity contribution in [3.8, 4) is 11.5 Å². The van der Waals surface area contributed by atoms with E-state index in [1.54, 1.807) is 6.20 Å². The molecule has 0 aliphatic rings. The Bertz CT molecular complexity index is 773. The summed E-state index contributed by atoms with van der Waals surface area (Å²) >= 11 is 6.22. The number of halogens is 1. The molecule has 1 N–H and O–H groups in total. The average molecular weight is 318 g/mol. The molecule has 0 saturated heterocycles. The monoisotopic (exact) mass is 317 g/mol. The van der Waals surface area contributed by atoms with Crippen LogP contribution in [0.1, 0.15) is 0 Å². The number of imidazole rings is 1. The summed E-state index contributed by atoms with van der Waals surface area (Å²) in [6, 6.07) is 9.64. The highest BCUT2D eigenvalue weighted by Crippen LogP contribution is 2.25. The first-order valence-electron chi connectivity index (χ1n) is 7.05. The number of fused-ring (bicyclic) bond motifs is 1. The molecule has 6 heteroatoms. The van der Waals surface area contributed by atoms with E-state index in [9.17, 15) is 0 Å². The van der Waals surface area contributed by atoms with Gasteiger partial charge in [0.2, 0.25) is 0 Å². The van der Waals surface area contributed by atoms with Crippen LogP contribution in [0.5, 0.6) is 0 Å². The molecule has 0 spiro atoms. The van der Waals surface area contributed by atoms with Crippen LogP contribution in [0.2, 0.25) is 5.02 Å². The summed E-state index contributed by atoms with van der Waals surface area (Å²) in [5.74, 6) is 0.773. The van der Waals surface area contributed by atoms with Crippen molar-refractivity contribution < 1.29 is 9.84 Å². The Morgan fingerprint density at radius 1 is 1.18 bits per heavy atom. The summed E-state index contributed by atoms with van der Waals surface area (Å²) in [7, 11) is 0. The molecule has 2 aromatic heterocycles. The summed E-state index contributed by atoms with van der Waals surface area (Å²) in [5.41, 5.74) is 1.54. The minimum atomic E-state index is 0.0293. The molecule has 3 aromatic rings. The van der Waals surface area contributed by atoms with Gasteiger partial charge < -0.3 is 14.4 Å². The number of hydrogen-bond acceptors (Lipinski definition) is 4. The molecule has 2 heterocycles. The van der Waals surface area contributed by atoms with Crippen molar-refractivity contribution in [2.75, 3.05) is 19.8 Å². The van der Waals surface area contributed by atoms with Crippen molar-refractivity contribution in [3.05, 3.63) is 47.7 Å². The van der Waals surface area contributed by atoms with Gasteiger partial charge in [-0.15, -0.1) is 0 Å². The first kappa shape index (κ1) is 15.0. The third-order valence-corrected chi connectivity index (χ3v) is 3.63. The molecule has 0 saturated carbocycles. The van der Waals surface area contributed by atoms with E-state index in [1.807, 2.05) is 41.1 Å². The maximum Gasteiger partial charge on any atom is 0.158 e. The SMILES string of the molecule is OCCOCCn1ccnc1-c1ccc2cccc(Cl)c2n1. The number of ether oxygens (including phenoxy) is 1. The Morgan fingerprint density at radius 3 is 2.95 bits per heavy atom. The normalized spacial score (nSPS) is 11.2. The zero-order valence-corrected chi connectivity index (χ0v) is 12.7. The number of benzene rings is 1. The van der Waals surface area contributed by atoms with E-state index in [2.05, 4.69) is 9.97 Å². The second-order valence-corrected chi connectivity index (χ2v) is 5.20. The molecule has 1 aromatic carbocycles. The fourth-order valence-corrected chi connectivity index (χ4v) is 2.51. The van der Waals surface area contributed by atoms with Gasteiger partial charge >= 0.3 is 0 Å². The van der Waals surface area contributed by atoms with Gasteiger partial charge in [0.05, 0.1) is 30.4 Å². The van der Waals surface area contributed by atoms with E-state index in [0.717, 1.165) is 22.4 Å². The highest BCUT2D eigenvalue weighted by molar-refractivity contribution is 6.35. The summed E-state index contributed by atoms with van der Waals surface area (Å²) in [5, 5.41) is 10.3. The number of aromatic nitrogens is 3. The van der Waals surface area contributed by atoms with Crippen molar-refractivity contribution in [2.24, 2.45) is 0 Å². The highest BCUT2D eigenvalue weighted by atomic mass is 35.5. The Labute approximate surface area is 133 Å². The van der Waals surface area contributed by atoms with Gasteiger partial charge in [-0.3, -0.25) is 0 Å². The lowest BCUT2D eigenvalue weighted by atomic mass is 10.2. The Morgan fingerprint density at radius 2 is 2.09 bits per heavy atom. The molecule has 5 nitrogen and oxygen atoms in total. The molecule has 22 heavy (non-hydrogen) atoms. The fourth-order valence-electron chi connectivity index (χ4n) is 2.29. The van der Waals surface area contributed by atoms with Crippen molar-refractivity contribution in [1.82, 2.24) is 14.5 Å². The predicted molar refractivity (Wildman–Crippen MR) is 85.9 cm³/mol. The number of hydrogen-bond donors (Lipinski definition) is 1. The molecule has 3 rings (SSSR count). The summed E-state index contributed by atoms with van der Waals surface area (Å²) in [6.07, 6.45) is 3.62. The lowest BCUT2D eigenvalue weighted by Gasteiger charge is -2.09. The van der Waals surface area contributed by atoms with Crippen LogP contribution in [0.3, 0.4) is 0 Å². The van der Waals surface area contributed by atoms with Crippen LogP contribution in [0.4, 0.5) is 0 Å². The van der Waals surface area contributed by atoms with E-state index in [0.29, 0.717) is 24.8 Å². The standard InChI is InChI=1S/C16H16ClN3O2/c17-13-3-1-2-12-4-5-14(19-15(12)13)16-18-6-7-20(16)8-10-22-11-9-21/h1-7,21H,8-11H2. The van der Waals surface area contributed by atoms with Crippen LogP contribution in [-0.2, 0) is 11.3 Å². The number of para-hydroxylation sites is 1. The number of pyridine rings is 1. The molecule has 0 atom stereocenters. The smallest absolute Gasteiger partial charge is 0.158 e. The number of rotatable bonds is 6. The van der Waals surface area contributed by atoms with Crippen molar-refractivity contribution in [3.63, 3.8) is 0 Å². The molecule has 0 bridgehead atoms. The molecule has 0 aliphatic carbocycles. The zero-order valence-electron chi connectivity index (χ0n) is 11.9. The van der Waals surface area contributed by atoms with Gasteiger partial charge in [-0.1, -0.05) is 29.8 Å². The first-order chi connectivity index (χ1) is 10.8. The summed E-state index contributed by atoms with van der Waals surface area (Å²) in [4.78, 5) is 9.00. The molecule has 0 unspecified atom stereocenters. The highest BCUT2D eigenvalue weighted by Gasteiger charge is 2.09. The van der Waals surface area contributed by atoms with E-state index in [4.69, 9.17) is 21.4 Å². The van der Waals surface area contributed by atoms with Crippen LogP contribution >= 0.6 is 11.6 Å². The van der Waals surface area contributed by atoms with E-state index in [-0.39, 0.29) is 6.61 Å². The molecule has 114 valence electrons. The summed E-state index contributed by atoms with van der Waals surface area (Å²) < 4.78 is 7.27. The van der Waals surface area contributed by atoms with Gasteiger partial charge in [-0.2, -0.15) is 0 Å². The molecule has 0 radical (unpaired) electrons. The van der Waals surface area contributed by atoms with Crippen molar-refractivity contribution in [2.45, 2.75) is 6.54 Å². The van der Waals surface area contributed by atoms with Crippen LogP contribution in [0.15, 0.2) is 42.7 Å².